The van der Waals surface area contributed by atoms with Crippen LogP contribution in [-0.2, 0) is 6.54 Å². The van der Waals surface area contributed by atoms with Crippen molar-refractivity contribution in [1.82, 2.24) is 15.1 Å². The second-order valence-corrected chi connectivity index (χ2v) is 6.08. The Hall–Kier alpha value is -1.94. The second-order valence-electron chi connectivity index (χ2n) is 6.08. The van der Waals surface area contributed by atoms with Crippen molar-refractivity contribution in [3.8, 4) is 0 Å². The lowest BCUT2D eigenvalue weighted by Crippen LogP contribution is -2.40. The van der Waals surface area contributed by atoms with E-state index in [2.05, 4.69) is 60.2 Å². The second kappa shape index (κ2) is 6.68. The molecule has 112 valence electrons. The van der Waals surface area contributed by atoms with Gasteiger partial charge in [-0.05, 0) is 26.3 Å². The summed E-state index contributed by atoms with van der Waals surface area (Å²) in [5.41, 5.74) is 1.24. The predicted octanol–water partition coefficient (Wildman–Crippen LogP) is 3.69. The molecule has 0 unspecified atom stereocenters. The van der Waals surface area contributed by atoms with Gasteiger partial charge in [-0.1, -0.05) is 42.5 Å². The molecule has 0 amide bonds. The van der Waals surface area contributed by atoms with Crippen LogP contribution in [-0.4, -0.2) is 27.2 Å². The van der Waals surface area contributed by atoms with Crippen molar-refractivity contribution < 1.29 is 4.42 Å². The molecule has 0 aliphatic rings. The van der Waals surface area contributed by atoms with Gasteiger partial charge in [-0.2, -0.15) is 0 Å². The quantitative estimate of drug-likeness (QED) is 0.840. The predicted molar refractivity (Wildman–Crippen MR) is 84.7 cm³/mol. The zero-order valence-corrected chi connectivity index (χ0v) is 13.2. The maximum absolute atomic E-state index is 5.49. The Labute approximate surface area is 126 Å². The molecule has 1 aromatic carbocycles. The molecule has 21 heavy (non-hydrogen) atoms. The molecule has 2 rings (SSSR count). The fraction of sp³-hybridized carbons (Fsp3) is 0.412. The normalized spacial score (nSPS) is 12.4. The van der Waals surface area contributed by atoms with Gasteiger partial charge in [-0.15, -0.1) is 10.2 Å². The van der Waals surface area contributed by atoms with Gasteiger partial charge in [0.05, 0.1) is 6.54 Å². The minimum atomic E-state index is 0.0312. The van der Waals surface area contributed by atoms with Gasteiger partial charge in [-0.25, -0.2) is 0 Å². The van der Waals surface area contributed by atoms with Gasteiger partial charge < -0.3 is 4.42 Å². The van der Waals surface area contributed by atoms with Gasteiger partial charge in [-0.3, -0.25) is 4.90 Å². The van der Waals surface area contributed by atoms with Crippen LogP contribution in [0.4, 0.5) is 0 Å². The third-order valence-corrected chi connectivity index (χ3v) is 3.28. The van der Waals surface area contributed by atoms with Crippen LogP contribution in [0.1, 0.15) is 38.1 Å². The fourth-order valence-electron chi connectivity index (χ4n) is 2.02. The number of nitrogens with zero attached hydrogens (tertiary/aromatic N) is 3. The van der Waals surface area contributed by atoms with Gasteiger partial charge in [0.25, 0.3) is 0 Å². The number of aromatic nitrogens is 2. The number of benzene rings is 1. The van der Waals surface area contributed by atoms with E-state index in [-0.39, 0.29) is 5.54 Å². The summed E-state index contributed by atoms with van der Waals surface area (Å²) in [7, 11) is 0. The average Bonchev–Trinajstić information content (AvgIpc) is 2.83. The highest BCUT2D eigenvalue weighted by Crippen LogP contribution is 2.17. The summed E-state index contributed by atoms with van der Waals surface area (Å²) in [6.07, 6.45) is 4.31. The summed E-state index contributed by atoms with van der Waals surface area (Å²) in [6.45, 7) is 9.86. The summed E-state index contributed by atoms with van der Waals surface area (Å²) in [6, 6.07) is 10.3. The van der Waals surface area contributed by atoms with E-state index >= 15 is 0 Å². The molecule has 0 N–H and O–H groups in total. The third kappa shape index (κ3) is 4.83. The maximum atomic E-state index is 5.49. The smallest absolute Gasteiger partial charge is 0.230 e. The van der Waals surface area contributed by atoms with Crippen LogP contribution in [0.25, 0.3) is 6.08 Å². The van der Waals surface area contributed by atoms with Gasteiger partial charge in [0.15, 0.2) is 0 Å². The van der Waals surface area contributed by atoms with E-state index in [4.69, 9.17) is 4.42 Å². The molecule has 4 nitrogen and oxygen atoms in total. The van der Waals surface area contributed by atoms with E-state index in [0.717, 1.165) is 6.54 Å². The lowest BCUT2D eigenvalue weighted by molar-refractivity contribution is 0.131. The van der Waals surface area contributed by atoms with Crippen molar-refractivity contribution in [3.63, 3.8) is 0 Å². The minimum Gasteiger partial charge on any atom is -0.424 e. The van der Waals surface area contributed by atoms with Crippen molar-refractivity contribution in [1.29, 1.82) is 0 Å². The summed E-state index contributed by atoms with van der Waals surface area (Å²) >= 11 is 0. The van der Waals surface area contributed by atoms with Crippen LogP contribution in [0.15, 0.2) is 40.8 Å². The van der Waals surface area contributed by atoms with Crippen molar-refractivity contribution in [2.75, 3.05) is 6.54 Å². The summed E-state index contributed by atoms with van der Waals surface area (Å²) in [5.74, 6) is 1.27. The van der Waals surface area contributed by atoms with E-state index in [0.29, 0.717) is 18.3 Å². The Morgan fingerprint density at radius 3 is 2.43 bits per heavy atom. The molecule has 0 aliphatic heterocycles. The molecule has 0 aliphatic carbocycles. The molecule has 4 heteroatoms. The zero-order chi connectivity index (χ0) is 15.3. The van der Waals surface area contributed by atoms with E-state index in [9.17, 15) is 0 Å². The molecule has 0 saturated carbocycles. The fourth-order valence-corrected chi connectivity index (χ4v) is 2.02. The molecule has 0 saturated heterocycles. The van der Waals surface area contributed by atoms with Crippen LogP contribution < -0.4 is 0 Å². The first kappa shape index (κ1) is 15.4. The van der Waals surface area contributed by atoms with E-state index in [1.807, 2.05) is 25.1 Å². The lowest BCUT2D eigenvalue weighted by Gasteiger charge is -2.33. The summed E-state index contributed by atoms with van der Waals surface area (Å²) in [4.78, 5) is 2.30. The molecule has 2 aromatic rings. The standard InChI is InChI=1S/C17H23N3O/c1-14-18-19-16(21-14)13-20(17(2,3)4)12-8-11-15-9-6-5-7-10-15/h5-11H,12-13H2,1-4H3. The Morgan fingerprint density at radius 2 is 1.86 bits per heavy atom. The van der Waals surface area contributed by atoms with Crippen molar-refractivity contribution in [3.05, 3.63) is 53.8 Å². The molecular weight excluding hydrogens is 262 g/mol. The van der Waals surface area contributed by atoms with E-state index < -0.39 is 0 Å². The zero-order valence-electron chi connectivity index (χ0n) is 13.2. The maximum Gasteiger partial charge on any atom is 0.230 e. The largest absolute Gasteiger partial charge is 0.424 e. The Kier molecular flexibility index (Phi) is 4.91. The first-order valence-electron chi connectivity index (χ1n) is 7.21. The van der Waals surface area contributed by atoms with Crippen LogP contribution >= 0.6 is 0 Å². The van der Waals surface area contributed by atoms with Crippen molar-refractivity contribution in [2.45, 2.75) is 39.8 Å². The van der Waals surface area contributed by atoms with Gasteiger partial charge >= 0.3 is 0 Å². The summed E-state index contributed by atoms with van der Waals surface area (Å²) in [5, 5.41) is 7.97. The molecular formula is C17H23N3O. The number of hydrogen-bond acceptors (Lipinski definition) is 4. The van der Waals surface area contributed by atoms with Crippen LogP contribution in [0.3, 0.4) is 0 Å². The molecule has 0 bridgehead atoms. The topological polar surface area (TPSA) is 42.2 Å². The first-order chi connectivity index (χ1) is 9.95. The molecule has 0 spiro atoms. The Balaban J connectivity index is 2.02. The highest BCUT2D eigenvalue weighted by atomic mass is 16.4. The van der Waals surface area contributed by atoms with Gasteiger partial charge in [0.2, 0.25) is 11.8 Å². The van der Waals surface area contributed by atoms with E-state index in [1.54, 1.807) is 0 Å². The highest BCUT2D eigenvalue weighted by Gasteiger charge is 2.22. The van der Waals surface area contributed by atoms with Crippen LogP contribution in [0.2, 0.25) is 0 Å². The van der Waals surface area contributed by atoms with Crippen LogP contribution in [0.5, 0.6) is 0 Å². The molecule has 1 aromatic heterocycles. The SMILES string of the molecule is Cc1nnc(CN(CC=Cc2ccccc2)C(C)(C)C)o1. The van der Waals surface area contributed by atoms with Crippen molar-refractivity contribution >= 4 is 6.08 Å². The van der Waals surface area contributed by atoms with Gasteiger partial charge in [0.1, 0.15) is 0 Å². The Bertz CT molecular complexity index is 582. The lowest BCUT2D eigenvalue weighted by atomic mass is 10.1. The first-order valence-corrected chi connectivity index (χ1v) is 7.21. The number of hydrogen-bond donors (Lipinski definition) is 0. The monoisotopic (exact) mass is 285 g/mol. The number of aryl methyl sites for hydroxylation is 1. The molecule has 0 fully saturated rings. The third-order valence-electron chi connectivity index (χ3n) is 3.28. The Morgan fingerprint density at radius 1 is 1.14 bits per heavy atom. The van der Waals surface area contributed by atoms with Crippen LogP contribution in [0, 0.1) is 6.92 Å². The molecule has 0 atom stereocenters. The number of rotatable bonds is 5. The van der Waals surface area contributed by atoms with Gasteiger partial charge in [0, 0.05) is 19.0 Å². The molecule has 1 heterocycles. The van der Waals surface area contributed by atoms with E-state index in [1.165, 1.54) is 5.56 Å². The minimum absolute atomic E-state index is 0.0312. The highest BCUT2D eigenvalue weighted by molar-refractivity contribution is 5.48. The average molecular weight is 285 g/mol. The van der Waals surface area contributed by atoms with Crippen molar-refractivity contribution in [2.24, 2.45) is 0 Å². The molecule has 0 radical (unpaired) electrons. The summed E-state index contributed by atoms with van der Waals surface area (Å²) < 4.78 is 5.49.